The zero-order chi connectivity index (χ0) is 18.9. The summed E-state index contributed by atoms with van der Waals surface area (Å²) in [7, 11) is 0. The normalized spacial score (nSPS) is 17.3. The molecule has 1 amide bonds. The van der Waals surface area contributed by atoms with Crippen LogP contribution >= 0.6 is 11.8 Å². The van der Waals surface area contributed by atoms with E-state index in [1.807, 2.05) is 13.0 Å². The van der Waals surface area contributed by atoms with Crippen molar-refractivity contribution in [2.24, 2.45) is 0 Å². The highest BCUT2D eigenvalue weighted by atomic mass is 35.5. The Kier molecular flexibility index (Phi) is 5.20. The minimum atomic E-state index is -4.56. The van der Waals surface area contributed by atoms with Crippen LogP contribution in [0.15, 0.2) is 36.7 Å². The predicted molar refractivity (Wildman–Crippen MR) is 93.3 cm³/mol. The first-order chi connectivity index (χ1) is 12.3. The van der Waals surface area contributed by atoms with E-state index in [0.29, 0.717) is 22.1 Å². The highest BCUT2D eigenvalue weighted by molar-refractivity contribution is 6.39. The van der Waals surface area contributed by atoms with Crippen LogP contribution < -0.4 is 9.74 Å². The summed E-state index contributed by atoms with van der Waals surface area (Å²) in [6.45, 7) is 3.72. The van der Waals surface area contributed by atoms with Crippen molar-refractivity contribution in [3.8, 4) is 0 Å². The van der Waals surface area contributed by atoms with Crippen LogP contribution in [0.1, 0.15) is 39.4 Å². The van der Waals surface area contributed by atoms with Crippen molar-refractivity contribution >= 4 is 23.4 Å². The second kappa shape index (κ2) is 7.25. The summed E-state index contributed by atoms with van der Waals surface area (Å²) in [6.07, 6.45) is -1.77. The lowest BCUT2D eigenvalue weighted by Crippen LogP contribution is -2.22. The van der Waals surface area contributed by atoms with Crippen LogP contribution in [0.2, 0.25) is 0 Å². The van der Waals surface area contributed by atoms with Crippen LogP contribution in [0, 0.1) is 6.92 Å². The maximum atomic E-state index is 12.8. The maximum Gasteiger partial charge on any atom is 0.417 e. The number of aryl methyl sites for hydroxylation is 1. The number of halogens is 4. The van der Waals surface area contributed by atoms with E-state index in [1.54, 1.807) is 12.1 Å². The molecule has 0 unspecified atom stereocenters. The molecule has 8 heteroatoms. The molecule has 1 aromatic heterocycles. The Balaban J connectivity index is 1.88. The van der Waals surface area contributed by atoms with Gasteiger partial charge < -0.3 is 5.32 Å². The molecule has 4 nitrogen and oxygen atoms in total. The van der Waals surface area contributed by atoms with Crippen LogP contribution in [-0.4, -0.2) is 24.0 Å². The molecule has 1 atom stereocenters. The average molecular weight is 384 g/mol. The van der Waals surface area contributed by atoms with Gasteiger partial charge in [0.25, 0.3) is 5.91 Å². The summed E-state index contributed by atoms with van der Waals surface area (Å²) in [5.74, 6) is -0.290. The van der Waals surface area contributed by atoms with E-state index >= 15 is 0 Å². The molecule has 26 heavy (non-hydrogen) atoms. The lowest BCUT2D eigenvalue weighted by atomic mass is 9.92. The highest BCUT2D eigenvalue weighted by Gasteiger charge is 2.32. The van der Waals surface area contributed by atoms with Crippen LogP contribution in [0.4, 0.5) is 18.9 Å². The Morgan fingerprint density at radius 2 is 2.08 bits per heavy atom. The fraction of sp³-hybridized carbons (Fsp3) is 0.333. The number of amides is 1. The van der Waals surface area contributed by atoms with Gasteiger partial charge in [-0.05, 0) is 55.1 Å². The van der Waals surface area contributed by atoms with Crippen LogP contribution in [0.5, 0.6) is 0 Å². The number of nitrogens with one attached hydrogen (secondary N) is 1. The van der Waals surface area contributed by atoms with Crippen LogP contribution in [-0.2, 0) is 6.18 Å². The largest absolute Gasteiger partial charge is 0.417 e. The van der Waals surface area contributed by atoms with Crippen molar-refractivity contribution in [1.29, 1.82) is 0 Å². The molecule has 138 valence electrons. The quantitative estimate of drug-likeness (QED) is 0.804. The Morgan fingerprint density at radius 3 is 2.73 bits per heavy atom. The number of rotatable bonds is 3. The first kappa shape index (κ1) is 18.7. The molecule has 1 aliphatic rings. The standard InChI is InChI=1S/C18H17ClF3N3O/c1-11-2-3-12(6-16(11)13-4-5-23-8-13)17(26)25(19)15-7-14(9-24-10-15)18(20,21)22/h2-3,6-7,9-10,13,23H,4-5,8H2,1H3/t13-/m1/s1. The molecule has 1 aliphatic heterocycles. The minimum absolute atomic E-state index is 0.129. The van der Waals surface area contributed by atoms with E-state index in [1.165, 1.54) is 0 Å². The summed E-state index contributed by atoms with van der Waals surface area (Å²) in [5, 5.41) is 3.28. The summed E-state index contributed by atoms with van der Waals surface area (Å²) in [4.78, 5) is 16.2. The van der Waals surface area contributed by atoms with Gasteiger partial charge in [0, 0.05) is 30.1 Å². The third-order valence-corrected chi connectivity index (χ3v) is 4.83. The number of nitrogens with zero attached hydrogens (tertiary/aromatic N) is 2. The monoisotopic (exact) mass is 383 g/mol. The van der Waals surface area contributed by atoms with Crippen molar-refractivity contribution in [2.75, 3.05) is 17.5 Å². The van der Waals surface area contributed by atoms with Gasteiger partial charge in [-0.2, -0.15) is 13.2 Å². The lowest BCUT2D eigenvalue weighted by molar-refractivity contribution is -0.137. The molecule has 2 heterocycles. The van der Waals surface area contributed by atoms with Gasteiger partial charge in [0.05, 0.1) is 17.4 Å². The fourth-order valence-electron chi connectivity index (χ4n) is 3.05. The maximum absolute atomic E-state index is 12.8. The van der Waals surface area contributed by atoms with Crippen molar-refractivity contribution in [2.45, 2.75) is 25.4 Å². The van der Waals surface area contributed by atoms with E-state index in [-0.39, 0.29) is 5.69 Å². The van der Waals surface area contributed by atoms with Gasteiger partial charge in [0.15, 0.2) is 0 Å². The third-order valence-electron chi connectivity index (χ3n) is 4.48. The molecule has 1 saturated heterocycles. The molecule has 0 spiro atoms. The summed E-state index contributed by atoms with van der Waals surface area (Å²) < 4.78 is 39.2. The first-order valence-electron chi connectivity index (χ1n) is 8.11. The van der Waals surface area contributed by atoms with Gasteiger partial charge in [-0.1, -0.05) is 6.07 Å². The molecular formula is C18H17ClF3N3O. The number of aromatic nitrogens is 1. The Hall–Kier alpha value is -2.12. The molecular weight excluding hydrogens is 367 g/mol. The molecule has 0 saturated carbocycles. The average Bonchev–Trinajstić information content (AvgIpc) is 3.14. The number of benzene rings is 1. The molecule has 1 fully saturated rings. The number of anilines is 1. The Bertz CT molecular complexity index is 820. The van der Waals surface area contributed by atoms with Crippen LogP contribution in [0.3, 0.4) is 0 Å². The van der Waals surface area contributed by atoms with Crippen molar-refractivity contribution in [3.05, 3.63) is 58.9 Å². The van der Waals surface area contributed by atoms with E-state index in [0.717, 1.165) is 42.9 Å². The lowest BCUT2D eigenvalue weighted by Gasteiger charge is -2.18. The molecule has 1 N–H and O–H groups in total. The zero-order valence-corrected chi connectivity index (χ0v) is 14.7. The third kappa shape index (κ3) is 3.83. The fourth-order valence-corrected chi connectivity index (χ4v) is 3.24. The summed E-state index contributed by atoms with van der Waals surface area (Å²) in [5.41, 5.74) is 1.35. The van der Waals surface area contributed by atoms with Crippen LogP contribution in [0.25, 0.3) is 0 Å². The van der Waals surface area contributed by atoms with E-state index in [2.05, 4.69) is 10.3 Å². The number of hydrogen-bond donors (Lipinski definition) is 1. The van der Waals surface area contributed by atoms with Gasteiger partial charge >= 0.3 is 6.18 Å². The summed E-state index contributed by atoms with van der Waals surface area (Å²) >= 11 is 6.03. The highest BCUT2D eigenvalue weighted by Crippen LogP contribution is 2.32. The molecule has 1 aromatic carbocycles. The SMILES string of the molecule is Cc1ccc(C(=O)N(Cl)c2cncc(C(F)(F)F)c2)cc1[C@@H]1CCNC1. The molecule has 0 radical (unpaired) electrons. The predicted octanol–water partition coefficient (Wildman–Crippen LogP) is 4.29. The number of carbonyl (C=O) groups excluding carboxylic acids is 1. The van der Waals surface area contributed by atoms with Crippen molar-refractivity contribution < 1.29 is 18.0 Å². The molecule has 0 bridgehead atoms. The van der Waals surface area contributed by atoms with Gasteiger partial charge in [-0.25, -0.2) is 4.42 Å². The number of hydrogen-bond acceptors (Lipinski definition) is 3. The molecule has 2 aromatic rings. The zero-order valence-electron chi connectivity index (χ0n) is 14.0. The van der Waals surface area contributed by atoms with Gasteiger partial charge in [-0.15, -0.1) is 0 Å². The van der Waals surface area contributed by atoms with E-state index in [9.17, 15) is 18.0 Å². The Morgan fingerprint density at radius 1 is 1.31 bits per heavy atom. The molecule has 3 rings (SSSR count). The van der Waals surface area contributed by atoms with Gasteiger partial charge in [0.1, 0.15) is 0 Å². The van der Waals surface area contributed by atoms with Crippen molar-refractivity contribution in [1.82, 2.24) is 10.3 Å². The van der Waals surface area contributed by atoms with Crippen molar-refractivity contribution in [3.63, 3.8) is 0 Å². The number of pyridine rings is 1. The number of carbonyl (C=O) groups is 1. The second-order valence-corrected chi connectivity index (χ2v) is 6.61. The minimum Gasteiger partial charge on any atom is -0.316 e. The Labute approximate surface area is 154 Å². The van der Waals surface area contributed by atoms with E-state index < -0.39 is 17.6 Å². The topological polar surface area (TPSA) is 45.2 Å². The first-order valence-corrected chi connectivity index (χ1v) is 8.45. The van der Waals surface area contributed by atoms with E-state index in [4.69, 9.17) is 11.8 Å². The smallest absolute Gasteiger partial charge is 0.316 e. The molecule has 0 aliphatic carbocycles. The van der Waals surface area contributed by atoms with Gasteiger partial charge in [0.2, 0.25) is 0 Å². The second-order valence-electron chi connectivity index (χ2n) is 6.28. The van der Waals surface area contributed by atoms with Gasteiger partial charge in [-0.3, -0.25) is 9.78 Å². The number of alkyl halides is 3. The summed E-state index contributed by atoms with van der Waals surface area (Å²) in [6, 6.07) is 6.02.